The van der Waals surface area contributed by atoms with E-state index in [1.54, 1.807) is 23.9 Å². The Hall–Kier alpha value is -1.07. The van der Waals surface area contributed by atoms with Crippen LogP contribution < -0.4 is 0 Å². The molecule has 21 heavy (non-hydrogen) atoms. The van der Waals surface area contributed by atoms with Crippen molar-refractivity contribution >= 4 is 17.7 Å². The predicted molar refractivity (Wildman–Crippen MR) is 82.7 cm³/mol. The Balaban J connectivity index is 1.72. The molecule has 2 rings (SSSR count). The molecule has 0 saturated carbocycles. The quantitative estimate of drug-likeness (QED) is 0.821. The summed E-state index contributed by atoms with van der Waals surface area (Å²) in [6.07, 6.45) is 3.43. The number of amides is 1. The molecule has 1 unspecified atom stereocenters. The van der Waals surface area contributed by atoms with Crippen molar-refractivity contribution < 1.29 is 14.3 Å². The van der Waals surface area contributed by atoms with Crippen LogP contribution in [-0.2, 0) is 4.79 Å². The summed E-state index contributed by atoms with van der Waals surface area (Å²) in [7, 11) is 0. The van der Waals surface area contributed by atoms with Gasteiger partial charge >= 0.3 is 0 Å². The highest BCUT2D eigenvalue weighted by Gasteiger charge is 2.22. The molecule has 0 aliphatic carbocycles. The predicted octanol–water partition coefficient (Wildman–Crippen LogP) is 2.93. The van der Waals surface area contributed by atoms with Crippen LogP contribution in [0, 0.1) is 11.7 Å². The Morgan fingerprint density at radius 1 is 1.38 bits per heavy atom. The van der Waals surface area contributed by atoms with E-state index in [1.165, 1.54) is 12.1 Å². The highest BCUT2D eigenvalue weighted by Crippen LogP contribution is 2.22. The summed E-state index contributed by atoms with van der Waals surface area (Å²) in [5.41, 5.74) is 0. The number of halogens is 1. The van der Waals surface area contributed by atoms with Gasteiger partial charge in [0, 0.05) is 36.8 Å². The number of aliphatic hydroxyl groups excluding tert-OH is 1. The van der Waals surface area contributed by atoms with Crippen molar-refractivity contribution in [2.75, 3.05) is 25.4 Å². The molecule has 5 heteroatoms. The average Bonchev–Trinajstić information content (AvgIpc) is 2.50. The fourth-order valence-electron chi connectivity index (χ4n) is 2.65. The van der Waals surface area contributed by atoms with Crippen molar-refractivity contribution in [2.24, 2.45) is 5.92 Å². The molecule has 1 heterocycles. The SMILES string of the molecule is O=C(CCSc1ccc(F)cc1)N1CCCC(CCO)C1. The lowest BCUT2D eigenvalue weighted by atomic mass is 9.95. The number of benzene rings is 1. The number of hydrogen-bond donors (Lipinski definition) is 1. The van der Waals surface area contributed by atoms with Gasteiger partial charge in [-0.15, -0.1) is 11.8 Å². The molecule has 0 aromatic heterocycles. The second kappa shape index (κ2) is 8.39. The molecule has 0 spiro atoms. The smallest absolute Gasteiger partial charge is 0.223 e. The zero-order valence-corrected chi connectivity index (χ0v) is 12.9. The molecule has 0 radical (unpaired) electrons. The third-order valence-corrected chi connectivity index (χ3v) is 4.82. The van der Waals surface area contributed by atoms with Crippen LogP contribution in [0.25, 0.3) is 0 Å². The number of carbonyl (C=O) groups excluding carboxylic acids is 1. The van der Waals surface area contributed by atoms with Crippen LogP contribution in [0.1, 0.15) is 25.7 Å². The molecule has 116 valence electrons. The third kappa shape index (κ3) is 5.32. The summed E-state index contributed by atoms with van der Waals surface area (Å²) in [6.45, 7) is 1.82. The van der Waals surface area contributed by atoms with E-state index in [-0.39, 0.29) is 18.3 Å². The molecule has 0 bridgehead atoms. The largest absolute Gasteiger partial charge is 0.396 e. The first-order valence-electron chi connectivity index (χ1n) is 7.46. The minimum Gasteiger partial charge on any atom is -0.396 e. The van der Waals surface area contributed by atoms with E-state index in [1.807, 2.05) is 4.90 Å². The maximum atomic E-state index is 12.8. The maximum absolute atomic E-state index is 12.8. The van der Waals surface area contributed by atoms with Gasteiger partial charge in [-0.05, 0) is 49.4 Å². The summed E-state index contributed by atoms with van der Waals surface area (Å²) < 4.78 is 12.8. The zero-order valence-electron chi connectivity index (χ0n) is 12.1. The van der Waals surface area contributed by atoms with Gasteiger partial charge in [0.2, 0.25) is 5.91 Å². The second-order valence-electron chi connectivity index (χ2n) is 5.41. The van der Waals surface area contributed by atoms with Gasteiger partial charge in [0.15, 0.2) is 0 Å². The van der Waals surface area contributed by atoms with Gasteiger partial charge < -0.3 is 10.0 Å². The van der Waals surface area contributed by atoms with E-state index >= 15 is 0 Å². The lowest BCUT2D eigenvalue weighted by Gasteiger charge is -2.32. The van der Waals surface area contributed by atoms with E-state index in [4.69, 9.17) is 5.11 Å². The summed E-state index contributed by atoms with van der Waals surface area (Å²) in [6, 6.07) is 6.36. The molecule has 1 atom stereocenters. The van der Waals surface area contributed by atoms with Gasteiger partial charge in [0.1, 0.15) is 5.82 Å². The highest BCUT2D eigenvalue weighted by atomic mass is 32.2. The Labute approximate surface area is 129 Å². The van der Waals surface area contributed by atoms with Gasteiger partial charge in [-0.1, -0.05) is 0 Å². The molecular formula is C16H22FNO2S. The Kier molecular flexibility index (Phi) is 6.51. The van der Waals surface area contributed by atoms with Gasteiger partial charge in [-0.2, -0.15) is 0 Å². The number of likely N-dealkylation sites (tertiary alicyclic amines) is 1. The maximum Gasteiger partial charge on any atom is 0.223 e. The van der Waals surface area contributed by atoms with Crippen LogP contribution >= 0.6 is 11.8 Å². The summed E-state index contributed by atoms with van der Waals surface area (Å²) in [4.78, 5) is 15.1. The van der Waals surface area contributed by atoms with E-state index in [0.29, 0.717) is 18.1 Å². The highest BCUT2D eigenvalue weighted by molar-refractivity contribution is 7.99. The molecule has 1 aromatic carbocycles. The molecule has 1 aromatic rings. The first-order valence-corrected chi connectivity index (χ1v) is 8.44. The van der Waals surface area contributed by atoms with Crippen molar-refractivity contribution in [3.05, 3.63) is 30.1 Å². The molecule has 1 saturated heterocycles. The van der Waals surface area contributed by atoms with Crippen molar-refractivity contribution in [3.63, 3.8) is 0 Å². The number of aliphatic hydroxyl groups is 1. The monoisotopic (exact) mass is 311 g/mol. The van der Waals surface area contributed by atoms with Crippen molar-refractivity contribution in [2.45, 2.75) is 30.6 Å². The number of nitrogens with zero attached hydrogens (tertiary/aromatic N) is 1. The molecular weight excluding hydrogens is 289 g/mol. The number of rotatable bonds is 6. The second-order valence-corrected chi connectivity index (χ2v) is 6.58. The first-order chi connectivity index (χ1) is 10.2. The third-order valence-electron chi connectivity index (χ3n) is 3.81. The van der Waals surface area contributed by atoms with E-state index in [0.717, 1.165) is 37.2 Å². The normalized spacial score (nSPS) is 18.8. The minimum atomic E-state index is -0.237. The van der Waals surface area contributed by atoms with E-state index in [9.17, 15) is 9.18 Å². The minimum absolute atomic E-state index is 0.187. The van der Waals surface area contributed by atoms with Crippen LogP contribution in [-0.4, -0.2) is 41.4 Å². The zero-order chi connectivity index (χ0) is 15.1. The first kappa shape index (κ1) is 16.3. The van der Waals surface area contributed by atoms with Crippen molar-refractivity contribution in [3.8, 4) is 0 Å². The molecule has 1 amide bonds. The van der Waals surface area contributed by atoms with E-state index < -0.39 is 0 Å². The molecule has 1 aliphatic heterocycles. The number of piperidine rings is 1. The fraction of sp³-hybridized carbons (Fsp3) is 0.562. The van der Waals surface area contributed by atoms with Gasteiger partial charge in [-0.3, -0.25) is 4.79 Å². The van der Waals surface area contributed by atoms with Gasteiger partial charge in [0.25, 0.3) is 0 Å². The van der Waals surface area contributed by atoms with Gasteiger partial charge in [-0.25, -0.2) is 4.39 Å². The Morgan fingerprint density at radius 2 is 2.14 bits per heavy atom. The molecule has 1 N–H and O–H groups in total. The van der Waals surface area contributed by atoms with Crippen LogP contribution in [0.4, 0.5) is 4.39 Å². The lowest BCUT2D eigenvalue weighted by Crippen LogP contribution is -2.40. The standard InChI is InChI=1S/C16H22FNO2S/c17-14-3-5-15(6-4-14)21-11-8-16(20)18-9-1-2-13(12-18)7-10-19/h3-6,13,19H,1-2,7-12H2. The fourth-order valence-corrected chi connectivity index (χ4v) is 3.50. The topological polar surface area (TPSA) is 40.5 Å². The van der Waals surface area contributed by atoms with Gasteiger partial charge in [0.05, 0.1) is 0 Å². The number of thioether (sulfide) groups is 1. The number of hydrogen-bond acceptors (Lipinski definition) is 3. The summed E-state index contributed by atoms with van der Waals surface area (Å²) in [5, 5.41) is 9.00. The lowest BCUT2D eigenvalue weighted by molar-refractivity contribution is -0.132. The van der Waals surface area contributed by atoms with Crippen LogP contribution in [0.5, 0.6) is 0 Å². The van der Waals surface area contributed by atoms with Crippen molar-refractivity contribution in [1.29, 1.82) is 0 Å². The van der Waals surface area contributed by atoms with Crippen molar-refractivity contribution in [1.82, 2.24) is 4.90 Å². The average molecular weight is 311 g/mol. The Morgan fingerprint density at radius 3 is 2.86 bits per heavy atom. The van der Waals surface area contributed by atoms with Crippen LogP contribution in [0.2, 0.25) is 0 Å². The Bertz CT molecular complexity index is 450. The van der Waals surface area contributed by atoms with Crippen LogP contribution in [0.15, 0.2) is 29.2 Å². The van der Waals surface area contributed by atoms with Crippen LogP contribution in [0.3, 0.4) is 0 Å². The molecule has 1 fully saturated rings. The molecule has 3 nitrogen and oxygen atoms in total. The summed E-state index contributed by atoms with van der Waals surface area (Å²) in [5.74, 6) is 1.11. The molecule has 1 aliphatic rings. The van der Waals surface area contributed by atoms with E-state index in [2.05, 4.69) is 0 Å². The summed E-state index contributed by atoms with van der Waals surface area (Å²) >= 11 is 1.58. The number of carbonyl (C=O) groups is 1.